The van der Waals surface area contributed by atoms with Crippen LogP contribution in [0.15, 0.2) is 11.2 Å². The Morgan fingerprint density at radius 3 is 2.88 bits per heavy atom. The molecule has 1 aromatic rings. The van der Waals surface area contributed by atoms with Crippen LogP contribution >= 0.6 is 11.3 Å². The molecule has 0 saturated carbocycles. The molecule has 0 aliphatic rings. The summed E-state index contributed by atoms with van der Waals surface area (Å²) in [5.41, 5.74) is 0. The maximum atomic E-state index is 3.86. The van der Waals surface area contributed by atoms with Crippen molar-refractivity contribution in [2.45, 2.75) is 0 Å². The number of nitrogens with one attached hydrogen (secondary N) is 1. The monoisotopic (exact) mass is 202 g/mol. The van der Waals surface area contributed by atoms with Gasteiger partial charge in [-0.25, -0.2) is 0 Å². The molecular weight excluding hydrogens is 197 g/mol. The Morgan fingerprint density at radius 2 is 2.62 bits per heavy atom. The molecule has 0 atom stereocenters. The second-order valence-electron chi connectivity index (χ2n) is 1.04. The standard InChI is InChI=1S/C4H5N2S.Y/c1-5-4-6-2-3-7-4;/h2H,1H3,(H,5,6);/q-1;. The van der Waals surface area contributed by atoms with Crippen molar-refractivity contribution in [2.24, 2.45) is 4.99 Å². The van der Waals surface area contributed by atoms with E-state index < -0.39 is 0 Å². The summed E-state index contributed by atoms with van der Waals surface area (Å²) in [6.07, 6.45) is 1.74. The molecule has 0 unspecified atom stereocenters. The number of hydrogen-bond acceptors (Lipinski definition) is 2. The van der Waals surface area contributed by atoms with Gasteiger partial charge < -0.3 is 21.3 Å². The molecule has 0 amide bonds. The molecule has 1 radical (unpaired) electrons. The second-order valence-corrected chi connectivity index (χ2v) is 1.86. The van der Waals surface area contributed by atoms with Crippen LogP contribution in [0.5, 0.6) is 0 Å². The first-order chi connectivity index (χ1) is 3.43. The summed E-state index contributed by atoms with van der Waals surface area (Å²) < 4.78 is 0. The van der Waals surface area contributed by atoms with Crippen molar-refractivity contribution < 1.29 is 32.7 Å². The molecule has 1 rings (SSSR count). The van der Waals surface area contributed by atoms with Gasteiger partial charge in [0.05, 0.1) is 0 Å². The molecule has 1 aromatic heterocycles. The third kappa shape index (κ3) is 2.20. The minimum Gasteiger partial charge on any atom is -0.431 e. The normalized spacial score (nSPS) is 10.9. The van der Waals surface area contributed by atoms with Crippen LogP contribution in [0.3, 0.4) is 0 Å². The topological polar surface area (TPSA) is 28.1 Å². The molecule has 0 saturated heterocycles. The molecule has 0 aliphatic heterocycles. The summed E-state index contributed by atoms with van der Waals surface area (Å²) >= 11 is 1.48. The van der Waals surface area contributed by atoms with Crippen molar-refractivity contribution >= 4 is 11.3 Å². The zero-order valence-electron chi connectivity index (χ0n) is 4.51. The molecule has 4 heteroatoms. The van der Waals surface area contributed by atoms with Crippen LogP contribution in [-0.2, 0) is 32.7 Å². The van der Waals surface area contributed by atoms with Gasteiger partial charge in [-0.2, -0.15) is 5.38 Å². The Balaban J connectivity index is 0.000000490. The van der Waals surface area contributed by atoms with Gasteiger partial charge in [0.1, 0.15) is 0 Å². The number of aromatic amines is 1. The van der Waals surface area contributed by atoms with E-state index >= 15 is 0 Å². The van der Waals surface area contributed by atoms with E-state index in [0.29, 0.717) is 0 Å². The van der Waals surface area contributed by atoms with E-state index in [-0.39, 0.29) is 32.7 Å². The van der Waals surface area contributed by atoms with Gasteiger partial charge in [0.15, 0.2) is 0 Å². The van der Waals surface area contributed by atoms with E-state index in [2.05, 4.69) is 15.4 Å². The van der Waals surface area contributed by atoms with Crippen LogP contribution in [0, 0.1) is 5.38 Å². The average molecular weight is 202 g/mol. The third-order valence-corrected chi connectivity index (χ3v) is 1.34. The number of hydrogen-bond donors (Lipinski definition) is 1. The Labute approximate surface area is 76.9 Å². The first-order valence-electron chi connectivity index (χ1n) is 1.91. The van der Waals surface area contributed by atoms with Crippen LogP contribution in [0.1, 0.15) is 0 Å². The number of H-pyrrole nitrogens is 1. The molecule has 0 aliphatic carbocycles. The quantitative estimate of drug-likeness (QED) is 0.590. The molecule has 0 spiro atoms. The fourth-order valence-electron chi connectivity index (χ4n) is 0.316. The molecule has 1 heterocycles. The molecule has 0 fully saturated rings. The Morgan fingerprint density at radius 1 is 1.88 bits per heavy atom. The van der Waals surface area contributed by atoms with Gasteiger partial charge in [0.2, 0.25) is 0 Å². The van der Waals surface area contributed by atoms with Gasteiger partial charge >= 0.3 is 0 Å². The van der Waals surface area contributed by atoms with Crippen LogP contribution < -0.4 is 4.80 Å². The molecule has 1 N–H and O–H groups in total. The summed E-state index contributed by atoms with van der Waals surface area (Å²) in [6, 6.07) is 0. The third-order valence-electron chi connectivity index (χ3n) is 0.613. The maximum Gasteiger partial charge on any atom is 0.0235 e. The summed E-state index contributed by atoms with van der Waals surface area (Å²) in [5, 5.41) is 2.87. The SMILES string of the molecule is CN=c1[nH]c[c-]s1.[Y]. The zero-order valence-corrected chi connectivity index (χ0v) is 8.16. The van der Waals surface area contributed by atoms with E-state index in [0.717, 1.165) is 4.80 Å². The van der Waals surface area contributed by atoms with E-state index in [9.17, 15) is 0 Å². The van der Waals surface area contributed by atoms with Crippen molar-refractivity contribution in [1.82, 2.24) is 4.98 Å². The predicted molar refractivity (Wildman–Crippen MR) is 29.0 cm³/mol. The summed E-state index contributed by atoms with van der Waals surface area (Å²) in [4.78, 5) is 7.66. The minimum absolute atomic E-state index is 0. The fourth-order valence-corrected chi connectivity index (χ4v) is 0.755. The molecule has 8 heavy (non-hydrogen) atoms. The van der Waals surface area contributed by atoms with Crippen LogP contribution in [0.25, 0.3) is 0 Å². The molecule has 2 nitrogen and oxygen atoms in total. The number of thiazole rings is 1. The van der Waals surface area contributed by atoms with Crippen molar-refractivity contribution in [1.29, 1.82) is 0 Å². The summed E-state index contributed by atoms with van der Waals surface area (Å²) in [7, 11) is 1.75. The second kappa shape index (κ2) is 4.42. The number of nitrogens with zero attached hydrogens (tertiary/aromatic N) is 1. The van der Waals surface area contributed by atoms with Gasteiger partial charge in [-0.05, 0) is 0 Å². The number of rotatable bonds is 0. The molecule has 0 aromatic carbocycles. The van der Waals surface area contributed by atoms with Gasteiger partial charge in [-0.1, -0.05) is 6.20 Å². The summed E-state index contributed by atoms with van der Waals surface area (Å²) in [6.45, 7) is 0. The van der Waals surface area contributed by atoms with Crippen LogP contribution in [-0.4, -0.2) is 12.0 Å². The molecule has 0 bridgehead atoms. The van der Waals surface area contributed by atoms with Gasteiger partial charge in [-0.15, -0.1) is 0 Å². The zero-order chi connectivity index (χ0) is 5.11. The minimum atomic E-state index is 0. The fraction of sp³-hybridized carbons (Fsp3) is 0.250. The predicted octanol–water partition coefficient (Wildman–Crippen LogP) is 0.404. The van der Waals surface area contributed by atoms with Crippen molar-refractivity contribution in [2.75, 3.05) is 7.05 Å². The number of aromatic nitrogens is 1. The molecule has 41 valence electrons. The van der Waals surface area contributed by atoms with Gasteiger partial charge in [-0.3, -0.25) is 0 Å². The van der Waals surface area contributed by atoms with E-state index in [4.69, 9.17) is 0 Å². The Bertz CT molecular complexity index is 173. The van der Waals surface area contributed by atoms with Crippen molar-refractivity contribution in [3.8, 4) is 0 Å². The average Bonchev–Trinajstić information content (AvgIpc) is 2.14. The summed E-state index contributed by atoms with van der Waals surface area (Å²) in [5.74, 6) is 0. The van der Waals surface area contributed by atoms with Crippen molar-refractivity contribution in [3.05, 3.63) is 16.4 Å². The van der Waals surface area contributed by atoms with E-state index in [1.54, 1.807) is 13.2 Å². The first-order valence-corrected chi connectivity index (χ1v) is 2.72. The smallest absolute Gasteiger partial charge is 0.0235 e. The first kappa shape index (κ1) is 8.53. The van der Waals surface area contributed by atoms with E-state index in [1.807, 2.05) is 0 Å². The largest absolute Gasteiger partial charge is 0.431 e. The van der Waals surface area contributed by atoms with Gasteiger partial charge in [0.25, 0.3) is 0 Å². The van der Waals surface area contributed by atoms with Crippen LogP contribution in [0.4, 0.5) is 0 Å². The maximum absolute atomic E-state index is 3.86. The van der Waals surface area contributed by atoms with Crippen molar-refractivity contribution in [3.63, 3.8) is 0 Å². The Kier molecular flexibility index (Phi) is 4.71. The van der Waals surface area contributed by atoms with E-state index in [1.165, 1.54) is 11.3 Å². The Hall–Kier alpha value is 0.534. The van der Waals surface area contributed by atoms with Crippen LogP contribution in [0.2, 0.25) is 0 Å². The molecular formula is C4H5N2SY-. The van der Waals surface area contributed by atoms with Gasteiger partial charge in [0, 0.05) is 44.6 Å².